The van der Waals surface area contributed by atoms with Gasteiger partial charge in [0.05, 0.1) is 5.56 Å². The Morgan fingerprint density at radius 1 is 1.22 bits per heavy atom. The highest BCUT2D eigenvalue weighted by Gasteiger charge is 2.38. The second-order valence-electron chi connectivity index (χ2n) is 9.44. The number of hydrogen-bond acceptors (Lipinski definition) is 4. The normalized spacial score (nSPS) is 21.7. The van der Waals surface area contributed by atoms with Gasteiger partial charge < -0.3 is 14.6 Å². The minimum Gasteiger partial charge on any atom is -0.466 e. The van der Waals surface area contributed by atoms with E-state index in [0.717, 1.165) is 37.1 Å². The summed E-state index contributed by atoms with van der Waals surface area (Å²) in [4.78, 5) is 31.5. The zero-order valence-corrected chi connectivity index (χ0v) is 20.5. The van der Waals surface area contributed by atoms with Crippen LogP contribution in [0.3, 0.4) is 0 Å². The minimum absolute atomic E-state index is 0.0117. The third-order valence-corrected chi connectivity index (χ3v) is 6.80. The molecule has 1 saturated heterocycles. The van der Waals surface area contributed by atoms with Gasteiger partial charge in [-0.1, -0.05) is 24.3 Å². The molecular formula is C30H29N3O3. The van der Waals surface area contributed by atoms with Gasteiger partial charge in [-0.2, -0.15) is 0 Å². The van der Waals surface area contributed by atoms with Crippen molar-refractivity contribution in [3.05, 3.63) is 106 Å². The van der Waals surface area contributed by atoms with Crippen LogP contribution in [0.1, 0.15) is 40.3 Å². The van der Waals surface area contributed by atoms with Crippen molar-refractivity contribution in [1.82, 2.24) is 9.88 Å². The fourth-order valence-electron chi connectivity index (χ4n) is 4.97. The summed E-state index contributed by atoms with van der Waals surface area (Å²) >= 11 is 0. The maximum absolute atomic E-state index is 12.8. The van der Waals surface area contributed by atoms with Crippen LogP contribution < -0.4 is 5.32 Å². The lowest BCUT2D eigenvalue weighted by molar-refractivity contribution is -0.125. The molecule has 2 amide bonds. The number of likely N-dealkylation sites (tertiary alicyclic amines) is 1. The molecule has 0 bridgehead atoms. The van der Waals surface area contributed by atoms with E-state index in [9.17, 15) is 9.59 Å². The van der Waals surface area contributed by atoms with Crippen LogP contribution in [0.25, 0.3) is 6.08 Å². The molecule has 182 valence electrons. The fourth-order valence-corrected chi connectivity index (χ4v) is 4.97. The summed E-state index contributed by atoms with van der Waals surface area (Å²) in [5.74, 6) is 2.31. The Labute approximate surface area is 211 Å². The molecule has 1 aliphatic heterocycles. The summed E-state index contributed by atoms with van der Waals surface area (Å²) in [5.41, 5.74) is 7.20. The van der Waals surface area contributed by atoms with Crippen LogP contribution in [0, 0.1) is 25.7 Å². The molecule has 0 spiro atoms. The van der Waals surface area contributed by atoms with E-state index in [2.05, 4.69) is 52.5 Å². The molecule has 0 radical (unpaired) electrons. The maximum Gasteiger partial charge on any atom is 0.260 e. The van der Waals surface area contributed by atoms with Crippen LogP contribution in [0.4, 0.5) is 5.82 Å². The van der Waals surface area contributed by atoms with Crippen molar-refractivity contribution >= 4 is 23.7 Å². The number of hydrogen-bond donors (Lipinski definition) is 1. The van der Waals surface area contributed by atoms with Gasteiger partial charge in [0.25, 0.3) is 5.91 Å². The van der Waals surface area contributed by atoms with Gasteiger partial charge in [0.2, 0.25) is 5.91 Å². The highest BCUT2D eigenvalue weighted by atomic mass is 16.3. The first-order valence-corrected chi connectivity index (χ1v) is 12.3. The summed E-state index contributed by atoms with van der Waals surface area (Å²) in [6.45, 7) is 5.07. The topological polar surface area (TPSA) is 75.4 Å². The fraction of sp³-hybridized carbons (Fsp3) is 0.267. The Kier molecular flexibility index (Phi) is 6.70. The van der Waals surface area contributed by atoms with E-state index in [4.69, 9.17) is 4.42 Å². The average Bonchev–Trinajstić information content (AvgIpc) is 3.51. The number of nitrogens with zero attached hydrogens (tertiary/aromatic N) is 2. The largest absolute Gasteiger partial charge is 0.466 e. The number of amides is 2. The van der Waals surface area contributed by atoms with Gasteiger partial charge >= 0.3 is 0 Å². The van der Waals surface area contributed by atoms with Crippen LogP contribution in [0.5, 0.6) is 0 Å². The average molecular weight is 480 g/mol. The molecule has 5 rings (SSSR count). The van der Waals surface area contributed by atoms with E-state index in [1.165, 1.54) is 5.57 Å². The number of allylic oxidation sites excluding steroid dienone is 6. The van der Waals surface area contributed by atoms with E-state index in [0.29, 0.717) is 34.7 Å². The molecule has 2 aromatic rings. The molecule has 2 aliphatic carbocycles. The number of pyridine rings is 1. The van der Waals surface area contributed by atoms with E-state index in [-0.39, 0.29) is 11.8 Å². The first-order chi connectivity index (χ1) is 17.5. The van der Waals surface area contributed by atoms with E-state index < -0.39 is 0 Å². The Morgan fingerprint density at radius 3 is 2.86 bits per heavy atom. The van der Waals surface area contributed by atoms with Crippen molar-refractivity contribution in [1.29, 1.82) is 0 Å². The summed E-state index contributed by atoms with van der Waals surface area (Å²) in [6.07, 6.45) is 19.7. The summed E-state index contributed by atoms with van der Waals surface area (Å²) < 4.78 is 5.42. The SMILES string of the molecule is Cc1cc(C(=O)Nc2ccc(/C=C/C(=O)N3CC4C=C(C5=C=CC/C=C\C=C5)CC4C3)cn2)c(C)o1. The number of aryl methyl sites for hydroxylation is 2. The number of fused-ring (bicyclic) bond motifs is 1. The molecule has 1 N–H and O–H groups in total. The highest BCUT2D eigenvalue weighted by molar-refractivity contribution is 6.04. The third kappa shape index (κ3) is 5.24. The van der Waals surface area contributed by atoms with Gasteiger partial charge in [-0.25, -0.2) is 4.98 Å². The Morgan fingerprint density at radius 2 is 2.11 bits per heavy atom. The summed E-state index contributed by atoms with van der Waals surface area (Å²) in [5, 5.41) is 2.78. The van der Waals surface area contributed by atoms with Crippen molar-refractivity contribution in [3.63, 3.8) is 0 Å². The molecule has 1 fully saturated rings. The minimum atomic E-state index is -0.262. The summed E-state index contributed by atoms with van der Waals surface area (Å²) in [7, 11) is 0. The van der Waals surface area contributed by atoms with Gasteiger partial charge in [0, 0.05) is 30.9 Å². The standard InChI is InChI=1S/C30H29N3O3/c1-20-14-27(21(2)36-20)30(35)32-28-12-10-22(17-31-28)11-13-29(34)33-18-25-15-24(16-26(25)19-33)23-8-6-4-3-5-7-9-23/h3-4,6-8,10-15,17,25-26H,5,16,18-19H2,1-2H3,(H,31,32,35)/b4-3-,8-6?,13-11+. The van der Waals surface area contributed by atoms with Crippen molar-refractivity contribution < 1.29 is 14.0 Å². The van der Waals surface area contributed by atoms with Gasteiger partial charge in [0.15, 0.2) is 0 Å². The number of carbonyl (C=O) groups excluding carboxylic acids is 2. The van der Waals surface area contributed by atoms with E-state index >= 15 is 0 Å². The highest BCUT2D eigenvalue weighted by Crippen LogP contribution is 2.39. The molecule has 36 heavy (non-hydrogen) atoms. The Balaban J connectivity index is 1.16. The van der Waals surface area contributed by atoms with Crippen LogP contribution in [0.15, 0.2) is 88.2 Å². The predicted octanol–water partition coefficient (Wildman–Crippen LogP) is 5.56. The smallest absolute Gasteiger partial charge is 0.260 e. The predicted molar refractivity (Wildman–Crippen MR) is 140 cm³/mol. The lowest BCUT2D eigenvalue weighted by Gasteiger charge is -2.15. The molecule has 0 saturated carbocycles. The molecule has 6 heteroatoms. The lowest BCUT2D eigenvalue weighted by atomic mass is 9.98. The maximum atomic E-state index is 12.8. The first kappa shape index (κ1) is 23.6. The van der Waals surface area contributed by atoms with Crippen LogP contribution in [0.2, 0.25) is 0 Å². The van der Waals surface area contributed by atoms with Crippen LogP contribution >= 0.6 is 0 Å². The monoisotopic (exact) mass is 479 g/mol. The van der Waals surface area contributed by atoms with Gasteiger partial charge in [-0.05, 0) is 86.1 Å². The molecule has 2 unspecified atom stereocenters. The van der Waals surface area contributed by atoms with Crippen LogP contribution in [-0.4, -0.2) is 34.8 Å². The quantitative estimate of drug-likeness (QED) is 0.450. The number of rotatable bonds is 5. The number of aromatic nitrogens is 1. The van der Waals surface area contributed by atoms with E-state index in [1.54, 1.807) is 44.3 Å². The zero-order chi connectivity index (χ0) is 25.1. The second-order valence-corrected chi connectivity index (χ2v) is 9.44. The molecule has 3 heterocycles. The Hall–Kier alpha value is -4.15. The van der Waals surface area contributed by atoms with Gasteiger partial charge in [-0.15, -0.1) is 5.73 Å². The number of carbonyl (C=O) groups is 2. The molecule has 2 aromatic heterocycles. The second kappa shape index (κ2) is 10.2. The van der Waals surface area contributed by atoms with Crippen LogP contribution in [-0.2, 0) is 4.79 Å². The number of anilines is 1. The third-order valence-electron chi connectivity index (χ3n) is 6.80. The van der Waals surface area contributed by atoms with Crippen molar-refractivity contribution in [2.45, 2.75) is 26.7 Å². The lowest BCUT2D eigenvalue weighted by Crippen LogP contribution is -2.27. The van der Waals surface area contributed by atoms with Crippen molar-refractivity contribution in [3.8, 4) is 0 Å². The molecule has 2 atom stereocenters. The zero-order valence-electron chi connectivity index (χ0n) is 20.5. The van der Waals surface area contributed by atoms with Crippen molar-refractivity contribution in [2.24, 2.45) is 11.8 Å². The van der Waals surface area contributed by atoms with Gasteiger partial charge in [0.1, 0.15) is 17.3 Å². The Bertz CT molecular complexity index is 1360. The van der Waals surface area contributed by atoms with Crippen molar-refractivity contribution in [2.75, 3.05) is 18.4 Å². The summed E-state index contributed by atoms with van der Waals surface area (Å²) in [6, 6.07) is 5.25. The molecule has 6 nitrogen and oxygen atoms in total. The number of nitrogens with one attached hydrogen (secondary N) is 1. The molecule has 3 aliphatic rings. The molecular weight excluding hydrogens is 450 g/mol. The molecule has 0 aromatic carbocycles. The van der Waals surface area contributed by atoms with Gasteiger partial charge in [-0.3, -0.25) is 9.59 Å². The first-order valence-electron chi connectivity index (χ1n) is 12.3. The van der Waals surface area contributed by atoms with E-state index in [1.807, 2.05) is 11.0 Å². The number of furan rings is 1.